The maximum Gasteiger partial charge on any atom is 0.356 e. The predicted molar refractivity (Wildman–Crippen MR) is 65.0 cm³/mol. The quantitative estimate of drug-likeness (QED) is 0.739. The van der Waals surface area contributed by atoms with Crippen LogP contribution in [0.5, 0.6) is 0 Å². The van der Waals surface area contributed by atoms with E-state index in [0.29, 0.717) is 12.3 Å². The van der Waals surface area contributed by atoms with Gasteiger partial charge in [0.2, 0.25) is 0 Å². The molecule has 0 atom stereocenters. The van der Waals surface area contributed by atoms with Crippen molar-refractivity contribution in [3.05, 3.63) is 17.0 Å². The minimum atomic E-state index is -0.249. The van der Waals surface area contributed by atoms with Crippen LogP contribution in [-0.2, 0) is 24.6 Å². The summed E-state index contributed by atoms with van der Waals surface area (Å²) in [5.74, 6) is -0.249. The number of ether oxygens (including phenoxy) is 1. The molecule has 2 rings (SSSR count). The highest BCUT2D eigenvalue weighted by Gasteiger charge is 2.32. The Kier molecular flexibility index (Phi) is 2.98. The third-order valence-corrected chi connectivity index (χ3v) is 3.39. The zero-order valence-corrected chi connectivity index (χ0v) is 11.0. The Balaban J connectivity index is 2.40. The van der Waals surface area contributed by atoms with Crippen molar-refractivity contribution in [1.29, 1.82) is 0 Å². The van der Waals surface area contributed by atoms with Crippen LogP contribution < -0.4 is 0 Å². The topological polar surface area (TPSA) is 44.1 Å². The molecular weight excluding hydrogens is 216 g/mol. The number of fused-ring (bicyclic) bond motifs is 1. The SMILES string of the molecule is CCOC(=O)c1c2c(nn1C)CCC(C)(C)C2. The molecule has 0 radical (unpaired) electrons. The van der Waals surface area contributed by atoms with Crippen molar-refractivity contribution in [2.24, 2.45) is 12.5 Å². The highest BCUT2D eigenvalue weighted by atomic mass is 16.5. The van der Waals surface area contributed by atoms with Gasteiger partial charge in [0.05, 0.1) is 12.3 Å². The van der Waals surface area contributed by atoms with Gasteiger partial charge in [0.25, 0.3) is 0 Å². The Bertz CT molecular complexity index is 447. The summed E-state index contributed by atoms with van der Waals surface area (Å²) < 4.78 is 6.77. The molecule has 4 nitrogen and oxygen atoms in total. The summed E-state index contributed by atoms with van der Waals surface area (Å²) in [4.78, 5) is 11.9. The molecule has 0 saturated carbocycles. The molecule has 0 unspecified atom stereocenters. The lowest BCUT2D eigenvalue weighted by molar-refractivity contribution is 0.0511. The minimum absolute atomic E-state index is 0.247. The molecule has 0 bridgehead atoms. The lowest BCUT2D eigenvalue weighted by Crippen LogP contribution is -2.23. The summed E-state index contributed by atoms with van der Waals surface area (Å²) in [6, 6.07) is 0. The smallest absolute Gasteiger partial charge is 0.356 e. The number of rotatable bonds is 2. The Morgan fingerprint density at radius 3 is 2.88 bits per heavy atom. The first kappa shape index (κ1) is 12.1. The van der Waals surface area contributed by atoms with Crippen molar-refractivity contribution in [2.45, 2.75) is 40.0 Å². The van der Waals surface area contributed by atoms with Crippen molar-refractivity contribution in [2.75, 3.05) is 6.61 Å². The van der Waals surface area contributed by atoms with Gasteiger partial charge in [-0.3, -0.25) is 4.68 Å². The first-order chi connectivity index (χ1) is 7.94. The van der Waals surface area contributed by atoms with Gasteiger partial charge >= 0.3 is 5.97 Å². The Morgan fingerprint density at radius 2 is 2.24 bits per heavy atom. The summed E-state index contributed by atoms with van der Waals surface area (Å²) in [7, 11) is 1.82. The number of hydrogen-bond acceptors (Lipinski definition) is 3. The molecule has 0 N–H and O–H groups in total. The van der Waals surface area contributed by atoms with Gasteiger partial charge < -0.3 is 4.74 Å². The van der Waals surface area contributed by atoms with E-state index in [1.807, 2.05) is 14.0 Å². The van der Waals surface area contributed by atoms with Gasteiger partial charge in [0, 0.05) is 12.6 Å². The summed E-state index contributed by atoms with van der Waals surface area (Å²) in [5, 5.41) is 4.44. The van der Waals surface area contributed by atoms with Crippen molar-refractivity contribution >= 4 is 5.97 Å². The van der Waals surface area contributed by atoms with Crippen molar-refractivity contribution in [3.8, 4) is 0 Å². The largest absolute Gasteiger partial charge is 0.461 e. The lowest BCUT2D eigenvalue weighted by Gasteiger charge is -2.28. The number of esters is 1. The van der Waals surface area contributed by atoms with Crippen LogP contribution in [0.4, 0.5) is 0 Å². The van der Waals surface area contributed by atoms with Crippen molar-refractivity contribution in [3.63, 3.8) is 0 Å². The number of hydrogen-bond donors (Lipinski definition) is 0. The number of nitrogens with zero attached hydrogens (tertiary/aromatic N) is 2. The second-order valence-electron chi connectivity index (χ2n) is 5.46. The molecule has 94 valence electrons. The molecular formula is C13H20N2O2. The van der Waals surface area contributed by atoms with Gasteiger partial charge in [-0.25, -0.2) is 4.79 Å². The standard InChI is InChI=1S/C13H20N2O2/c1-5-17-12(16)11-9-8-13(2,3)7-6-10(9)14-15(11)4/h5-8H2,1-4H3. The predicted octanol–water partition coefficient (Wildman–Crippen LogP) is 2.11. The highest BCUT2D eigenvalue weighted by Crippen LogP contribution is 2.35. The molecule has 4 heteroatoms. The molecule has 1 aromatic heterocycles. The normalized spacial score (nSPS) is 17.6. The van der Waals surface area contributed by atoms with Crippen LogP contribution >= 0.6 is 0 Å². The monoisotopic (exact) mass is 236 g/mol. The third-order valence-electron chi connectivity index (χ3n) is 3.39. The molecule has 0 saturated heterocycles. The molecule has 1 aliphatic rings. The van der Waals surface area contributed by atoms with Crippen LogP contribution in [0, 0.1) is 5.41 Å². The lowest BCUT2D eigenvalue weighted by atomic mass is 9.76. The van der Waals surface area contributed by atoms with E-state index in [1.54, 1.807) is 4.68 Å². The maximum absolute atomic E-state index is 11.9. The molecule has 0 aromatic carbocycles. The summed E-state index contributed by atoms with van der Waals surface area (Å²) in [6.45, 7) is 6.70. The van der Waals surface area contributed by atoms with E-state index < -0.39 is 0 Å². The molecule has 0 amide bonds. The van der Waals surface area contributed by atoms with Crippen LogP contribution in [0.15, 0.2) is 0 Å². The van der Waals surface area contributed by atoms with Crippen molar-refractivity contribution in [1.82, 2.24) is 9.78 Å². The van der Waals surface area contributed by atoms with Crippen LogP contribution in [0.2, 0.25) is 0 Å². The third kappa shape index (κ3) is 2.21. The minimum Gasteiger partial charge on any atom is -0.461 e. The van der Waals surface area contributed by atoms with E-state index in [2.05, 4.69) is 18.9 Å². The van der Waals surface area contributed by atoms with E-state index in [0.717, 1.165) is 30.5 Å². The Hall–Kier alpha value is -1.32. The second-order valence-corrected chi connectivity index (χ2v) is 5.46. The zero-order valence-electron chi connectivity index (χ0n) is 11.0. The van der Waals surface area contributed by atoms with Gasteiger partial charge in [0.1, 0.15) is 5.69 Å². The van der Waals surface area contributed by atoms with E-state index in [1.165, 1.54) is 0 Å². The molecule has 17 heavy (non-hydrogen) atoms. The number of carbonyl (C=O) groups is 1. The van der Waals surface area contributed by atoms with E-state index in [-0.39, 0.29) is 11.4 Å². The first-order valence-corrected chi connectivity index (χ1v) is 6.16. The van der Waals surface area contributed by atoms with Gasteiger partial charge in [-0.1, -0.05) is 13.8 Å². The summed E-state index contributed by atoms with van der Waals surface area (Å²) >= 11 is 0. The summed E-state index contributed by atoms with van der Waals surface area (Å²) in [6.07, 6.45) is 2.99. The Morgan fingerprint density at radius 1 is 1.53 bits per heavy atom. The van der Waals surface area contributed by atoms with Crippen LogP contribution in [0.3, 0.4) is 0 Å². The van der Waals surface area contributed by atoms with Crippen molar-refractivity contribution < 1.29 is 9.53 Å². The second kappa shape index (κ2) is 4.17. The number of aryl methyl sites for hydroxylation is 2. The van der Waals surface area contributed by atoms with Crippen LogP contribution in [0.25, 0.3) is 0 Å². The van der Waals surface area contributed by atoms with Gasteiger partial charge in [-0.2, -0.15) is 5.10 Å². The highest BCUT2D eigenvalue weighted by molar-refractivity contribution is 5.89. The fourth-order valence-electron chi connectivity index (χ4n) is 2.49. The molecule has 0 fully saturated rings. The number of carbonyl (C=O) groups excluding carboxylic acids is 1. The fourth-order valence-corrected chi connectivity index (χ4v) is 2.49. The van der Waals surface area contributed by atoms with E-state index >= 15 is 0 Å². The average Bonchev–Trinajstić information content (AvgIpc) is 2.52. The van der Waals surface area contributed by atoms with Gasteiger partial charge in [-0.05, 0) is 31.6 Å². The zero-order chi connectivity index (χ0) is 12.6. The van der Waals surface area contributed by atoms with Gasteiger partial charge in [0.15, 0.2) is 0 Å². The van der Waals surface area contributed by atoms with E-state index in [4.69, 9.17) is 4.74 Å². The molecule has 0 spiro atoms. The van der Waals surface area contributed by atoms with Crippen LogP contribution in [-0.4, -0.2) is 22.4 Å². The summed E-state index contributed by atoms with van der Waals surface area (Å²) in [5.41, 5.74) is 3.03. The molecule has 1 aromatic rings. The molecule has 1 heterocycles. The first-order valence-electron chi connectivity index (χ1n) is 6.16. The number of aromatic nitrogens is 2. The van der Waals surface area contributed by atoms with Crippen LogP contribution in [0.1, 0.15) is 48.9 Å². The molecule has 1 aliphatic carbocycles. The molecule has 0 aliphatic heterocycles. The van der Waals surface area contributed by atoms with E-state index in [9.17, 15) is 4.79 Å². The fraction of sp³-hybridized carbons (Fsp3) is 0.692. The average molecular weight is 236 g/mol. The Labute approximate surface area is 102 Å². The maximum atomic E-state index is 11.9. The van der Waals surface area contributed by atoms with Gasteiger partial charge in [-0.15, -0.1) is 0 Å².